The highest BCUT2D eigenvalue weighted by atomic mass is 19.4. The quantitative estimate of drug-likeness (QED) is 0.867. The maximum Gasteiger partial charge on any atom is 0.417 e. The van der Waals surface area contributed by atoms with E-state index in [9.17, 15) is 22.8 Å². The molecule has 5 nitrogen and oxygen atoms in total. The predicted molar refractivity (Wildman–Crippen MR) is 96.0 cm³/mol. The molecule has 1 amide bonds. The molecule has 0 atom stereocenters. The summed E-state index contributed by atoms with van der Waals surface area (Å²) in [6.45, 7) is 2.30. The summed E-state index contributed by atoms with van der Waals surface area (Å²) >= 11 is 0. The number of carbonyl (C=O) groups is 2. The van der Waals surface area contributed by atoms with Crippen LogP contribution in [-0.4, -0.2) is 53.0 Å². The maximum absolute atomic E-state index is 13.1. The van der Waals surface area contributed by atoms with Gasteiger partial charge in [-0.2, -0.15) is 13.2 Å². The average Bonchev–Trinajstić information content (AvgIpc) is 2.68. The Morgan fingerprint density at radius 3 is 2.11 bits per heavy atom. The Balaban J connectivity index is 1.61. The molecule has 28 heavy (non-hydrogen) atoms. The van der Waals surface area contributed by atoms with Crippen LogP contribution in [0.5, 0.6) is 0 Å². The summed E-state index contributed by atoms with van der Waals surface area (Å²) in [5.74, 6) is -1.60. The summed E-state index contributed by atoms with van der Waals surface area (Å²) in [6, 6.07) is 11.4. The van der Waals surface area contributed by atoms with Gasteiger partial charge in [0.05, 0.1) is 16.7 Å². The summed E-state index contributed by atoms with van der Waals surface area (Å²) in [4.78, 5) is 27.0. The van der Waals surface area contributed by atoms with Gasteiger partial charge in [-0.05, 0) is 29.8 Å². The second-order valence-electron chi connectivity index (χ2n) is 6.61. The van der Waals surface area contributed by atoms with Crippen LogP contribution in [0.1, 0.15) is 31.8 Å². The van der Waals surface area contributed by atoms with E-state index in [0.29, 0.717) is 32.7 Å². The van der Waals surface area contributed by atoms with Gasteiger partial charge in [0, 0.05) is 32.7 Å². The zero-order valence-corrected chi connectivity index (χ0v) is 14.9. The van der Waals surface area contributed by atoms with E-state index in [2.05, 4.69) is 4.90 Å². The van der Waals surface area contributed by atoms with Crippen molar-refractivity contribution in [2.45, 2.75) is 12.7 Å². The normalized spacial score (nSPS) is 15.5. The third kappa shape index (κ3) is 4.51. The Kier molecular flexibility index (Phi) is 5.69. The summed E-state index contributed by atoms with van der Waals surface area (Å²) in [5, 5.41) is 8.92. The molecule has 0 saturated carbocycles. The molecule has 148 valence electrons. The van der Waals surface area contributed by atoms with Crippen molar-refractivity contribution >= 4 is 11.9 Å². The summed E-state index contributed by atoms with van der Waals surface area (Å²) in [7, 11) is 0. The Morgan fingerprint density at radius 1 is 0.929 bits per heavy atom. The van der Waals surface area contributed by atoms with Crippen LogP contribution in [0.2, 0.25) is 0 Å². The zero-order chi connectivity index (χ0) is 20.3. The Hall–Kier alpha value is -2.87. The van der Waals surface area contributed by atoms with Gasteiger partial charge in [-0.3, -0.25) is 9.69 Å². The molecule has 0 aromatic heterocycles. The van der Waals surface area contributed by atoms with Gasteiger partial charge in [-0.1, -0.05) is 24.3 Å². The number of hydrogen-bond acceptors (Lipinski definition) is 3. The van der Waals surface area contributed by atoms with E-state index in [-0.39, 0.29) is 11.1 Å². The lowest BCUT2D eigenvalue weighted by Crippen LogP contribution is -2.48. The molecule has 0 spiro atoms. The maximum atomic E-state index is 13.1. The summed E-state index contributed by atoms with van der Waals surface area (Å²) in [6.07, 6.45) is -4.57. The first kappa shape index (κ1) is 19.9. The molecule has 0 radical (unpaired) electrons. The highest BCUT2D eigenvalue weighted by Crippen LogP contribution is 2.32. The number of carboxylic acids is 1. The number of carboxylic acid groups (broad SMARTS) is 1. The van der Waals surface area contributed by atoms with E-state index in [4.69, 9.17) is 5.11 Å². The minimum Gasteiger partial charge on any atom is -0.478 e. The fraction of sp³-hybridized carbons (Fsp3) is 0.300. The first-order valence-corrected chi connectivity index (χ1v) is 8.76. The summed E-state index contributed by atoms with van der Waals surface area (Å²) < 4.78 is 39.4. The lowest BCUT2D eigenvalue weighted by atomic mass is 10.1. The van der Waals surface area contributed by atoms with E-state index in [1.807, 2.05) is 0 Å². The monoisotopic (exact) mass is 392 g/mol. The van der Waals surface area contributed by atoms with Crippen molar-refractivity contribution in [2.24, 2.45) is 0 Å². The van der Waals surface area contributed by atoms with Crippen LogP contribution >= 0.6 is 0 Å². The van der Waals surface area contributed by atoms with Gasteiger partial charge in [0.1, 0.15) is 0 Å². The number of aromatic carboxylic acids is 1. The third-order valence-corrected chi connectivity index (χ3v) is 4.73. The highest BCUT2D eigenvalue weighted by Gasteiger charge is 2.36. The van der Waals surface area contributed by atoms with Crippen LogP contribution in [0.25, 0.3) is 0 Å². The van der Waals surface area contributed by atoms with Crippen LogP contribution in [-0.2, 0) is 12.7 Å². The molecule has 0 unspecified atom stereocenters. The lowest BCUT2D eigenvalue weighted by Gasteiger charge is -2.35. The van der Waals surface area contributed by atoms with Crippen molar-refractivity contribution < 1.29 is 27.9 Å². The number of nitrogens with zero attached hydrogens (tertiary/aromatic N) is 2. The van der Waals surface area contributed by atoms with Crippen LogP contribution in [0.4, 0.5) is 13.2 Å². The zero-order valence-electron chi connectivity index (χ0n) is 14.9. The fourth-order valence-corrected chi connectivity index (χ4v) is 3.21. The second kappa shape index (κ2) is 8.02. The number of halogens is 3. The molecular formula is C20H19F3N2O3. The second-order valence-corrected chi connectivity index (χ2v) is 6.61. The van der Waals surface area contributed by atoms with E-state index >= 15 is 0 Å². The SMILES string of the molecule is O=C(O)c1ccc(CN2CCN(C(=O)c3ccccc3C(F)(F)F)CC2)cc1. The van der Waals surface area contributed by atoms with Crippen molar-refractivity contribution in [3.8, 4) is 0 Å². The van der Waals surface area contributed by atoms with Gasteiger partial charge in [0.15, 0.2) is 0 Å². The number of amides is 1. The molecule has 0 bridgehead atoms. The van der Waals surface area contributed by atoms with E-state index in [1.165, 1.54) is 35.2 Å². The first-order chi connectivity index (χ1) is 13.3. The molecule has 1 fully saturated rings. The Morgan fingerprint density at radius 2 is 1.54 bits per heavy atom. The number of benzene rings is 2. The fourth-order valence-electron chi connectivity index (χ4n) is 3.21. The van der Waals surface area contributed by atoms with Crippen molar-refractivity contribution in [2.75, 3.05) is 26.2 Å². The van der Waals surface area contributed by atoms with Gasteiger partial charge in [-0.25, -0.2) is 4.79 Å². The standard InChI is InChI=1S/C20H19F3N2O3/c21-20(22,23)17-4-2-1-3-16(17)18(26)25-11-9-24(10-12-25)13-14-5-7-15(8-6-14)19(27)28/h1-8H,9-13H2,(H,27,28). The number of alkyl halides is 3. The van der Waals surface area contributed by atoms with Gasteiger partial charge in [0.2, 0.25) is 0 Å². The smallest absolute Gasteiger partial charge is 0.417 e. The van der Waals surface area contributed by atoms with Gasteiger partial charge < -0.3 is 10.0 Å². The van der Waals surface area contributed by atoms with E-state index < -0.39 is 23.6 Å². The molecule has 1 aliphatic rings. The van der Waals surface area contributed by atoms with E-state index in [1.54, 1.807) is 12.1 Å². The minimum atomic E-state index is -4.57. The van der Waals surface area contributed by atoms with Gasteiger partial charge in [0.25, 0.3) is 5.91 Å². The van der Waals surface area contributed by atoms with Gasteiger partial charge >= 0.3 is 12.1 Å². The molecule has 1 saturated heterocycles. The highest BCUT2D eigenvalue weighted by molar-refractivity contribution is 5.96. The molecule has 2 aromatic carbocycles. The largest absolute Gasteiger partial charge is 0.478 e. The van der Waals surface area contributed by atoms with Crippen molar-refractivity contribution in [3.05, 3.63) is 70.8 Å². The molecule has 1 aliphatic heterocycles. The predicted octanol–water partition coefficient (Wildman–Crippen LogP) is 3.36. The van der Waals surface area contributed by atoms with Crippen LogP contribution < -0.4 is 0 Å². The summed E-state index contributed by atoms with van der Waals surface area (Å²) in [5.41, 5.74) is -0.0941. The molecule has 8 heteroatoms. The molecule has 1 heterocycles. The Bertz CT molecular complexity index is 858. The van der Waals surface area contributed by atoms with Crippen molar-refractivity contribution in [3.63, 3.8) is 0 Å². The van der Waals surface area contributed by atoms with Crippen molar-refractivity contribution in [1.29, 1.82) is 0 Å². The molecular weight excluding hydrogens is 373 g/mol. The van der Waals surface area contributed by atoms with Crippen LogP contribution in [0, 0.1) is 0 Å². The third-order valence-electron chi connectivity index (χ3n) is 4.73. The number of rotatable bonds is 4. The topological polar surface area (TPSA) is 60.9 Å². The minimum absolute atomic E-state index is 0.211. The van der Waals surface area contributed by atoms with Crippen molar-refractivity contribution in [1.82, 2.24) is 9.80 Å². The van der Waals surface area contributed by atoms with Gasteiger partial charge in [-0.15, -0.1) is 0 Å². The van der Waals surface area contributed by atoms with E-state index in [0.717, 1.165) is 11.6 Å². The number of carbonyl (C=O) groups excluding carboxylic acids is 1. The molecule has 1 N–H and O–H groups in total. The molecule has 0 aliphatic carbocycles. The van der Waals surface area contributed by atoms with Crippen LogP contribution in [0.3, 0.4) is 0 Å². The number of hydrogen-bond donors (Lipinski definition) is 1. The molecule has 2 aromatic rings. The number of piperazine rings is 1. The van der Waals surface area contributed by atoms with Crippen LogP contribution in [0.15, 0.2) is 48.5 Å². The Labute approximate surface area is 160 Å². The average molecular weight is 392 g/mol. The lowest BCUT2D eigenvalue weighted by molar-refractivity contribution is -0.138. The first-order valence-electron chi connectivity index (χ1n) is 8.76. The molecule has 3 rings (SSSR count).